The van der Waals surface area contributed by atoms with Crippen LogP contribution in [0.2, 0.25) is 0 Å². The van der Waals surface area contributed by atoms with E-state index in [9.17, 15) is 9.18 Å². The number of carbonyl (C=O) groups is 1. The molecule has 0 bridgehead atoms. The zero-order valence-electron chi connectivity index (χ0n) is 8.87. The van der Waals surface area contributed by atoms with Crippen molar-refractivity contribution in [2.75, 3.05) is 0 Å². The first-order valence-electron chi connectivity index (χ1n) is 5.39. The summed E-state index contributed by atoms with van der Waals surface area (Å²) in [5.41, 5.74) is 0.180. The van der Waals surface area contributed by atoms with E-state index in [1.54, 1.807) is 18.2 Å². The molecule has 2 nitrogen and oxygen atoms in total. The molecule has 3 heteroatoms. The molecule has 3 rings (SSSR count). The molecule has 1 aliphatic rings. The third kappa shape index (κ3) is 1.35. The number of carbonyl (C=O) groups excluding carboxylic acids is 1. The van der Waals surface area contributed by atoms with E-state index in [1.807, 2.05) is 6.92 Å². The Morgan fingerprint density at radius 2 is 2.25 bits per heavy atom. The van der Waals surface area contributed by atoms with Gasteiger partial charge in [0.25, 0.3) is 0 Å². The molecule has 0 aliphatic heterocycles. The Morgan fingerprint density at radius 1 is 1.50 bits per heavy atom. The van der Waals surface area contributed by atoms with Crippen molar-refractivity contribution in [2.24, 2.45) is 11.8 Å². The Morgan fingerprint density at radius 3 is 2.88 bits per heavy atom. The third-order valence-corrected chi connectivity index (χ3v) is 3.19. The lowest BCUT2D eigenvalue weighted by Gasteiger charge is -1.92. The van der Waals surface area contributed by atoms with Crippen molar-refractivity contribution >= 4 is 16.8 Å². The van der Waals surface area contributed by atoms with E-state index in [2.05, 4.69) is 0 Å². The Hall–Kier alpha value is -1.64. The summed E-state index contributed by atoms with van der Waals surface area (Å²) in [5.74, 6) is 0.382. The van der Waals surface area contributed by atoms with Crippen LogP contribution in [0.15, 0.2) is 28.7 Å². The van der Waals surface area contributed by atoms with Crippen molar-refractivity contribution in [2.45, 2.75) is 13.3 Å². The van der Waals surface area contributed by atoms with Gasteiger partial charge in [-0.2, -0.15) is 0 Å². The van der Waals surface area contributed by atoms with Crippen molar-refractivity contribution < 1.29 is 13.6 Å². The summed E-state index contributed by atoms with van der Waals surface area (Å²) in [5, 5.41) is 0.650. The molecule has 0 spiro atoms. The van der Waals surface area contributed by atoms with Gasteiger partial charge in [0, 0.05) is 11.3 Å². The summed E-state index contributed by atoms with van der Waals surface area (Å²) in [6.07, 6.45) is 0.915. The highest BCUT2D eigenvalue weighted by atomic mass is 19.1. The minimum atomic E-state index is -0.416. The minimum Gasteiger partial charge on any atom is -0.450 e. The fourth-order valence-corrected chi connectivity index (χ4v) is 2.02. The quantitative estimate of drug-likeness (QED) is 0.723. The molecule has 2 atom stereocenters. The van der Waals surface area contributed by atoms with Crippen LogP contribution >= 0.6 is 0 Å². The first-order valence-corrected chi connectivity index (χ1v) is 5.39. The molecule has 2 unspecified atom stereocenters. The Balaban J connectivity index is 2.05. The van der Waals surface area contributed by atoms with E-state index in [1.165, 1.54) is 6.07 Å². The lowest BCUT2D eigenvalue weighted by molar-refractivity contribution is 0.0937. The molecular formula is C13H11FO2. The van der Waals surface area contributed by atoms with Crippen molar-refractivity contribution in [3.63, 3.8) is 0 Å². The molecule has 1 heterocycles. The Bertz CT molecular complexity index is 570. The second-order valence-corrected chi connectivity index (χ2v) is 4.45. The first kappa shape index (κ1) is 9.58. The van der Waals surface area contributed by atoms with E-state index in [-0.39, 0.29) is 23.0 Å². The Labute approximate surface area is 92.1 Å². The van der Waals surface area contributed by atoms with Gasteiger partial charge in [-0.3, -0.25) is 4.79 Å². The van der Waals surface area contributed by atoms with E-state index < -0.39 is 5.82 Å². The van der Waals surface area contributed by atoms with Gasteiger partial charge in [-0.15, -0.1) is 0 Å². The third-order valence-electron chi connectivity index (χ3n) is 3.19. The van der Waals surface area contributed by atoms with Gasteiger partial charge >= 0.3 is 0 Å². The fraction of sp³-hybridized carbons (Fsp3) is 0.308. The SMILES string of the molecule is CC1CC1C(=O)c1cc2cccc(F)c2o1. The number of Topliss-reactive ketones (excluding diaryl/α,β-unsaturated/α-hetero) is 1. The average molecular weight is 218 g/mol. The number of hydrogen-bond acceptors (Lipinski definition) is 2. The van der Waals surface area contributed by atoms with Gasteiger partial charge in [0.15, 0.2) is 17.2 Å². The second-order valence-electron chi connectivity index (χ2n) is 4.45. The number of ketones is 1. The highest BCUT2D eigenvalue weighted by Crippen LogP contribution is 2.41. The monoisotopic (exact) mass is 218 g/mol. The lowest BCUT2D eigenvalue weighted by Crippen LogP contribution is -2.00. The maximum absolute atomic E-state index is 13.4. The fourth-order valence-electron chi connectivity index (χ4n) is 2.02. The van der Waals surface area contributed by atoms with Crippen LogP contribution in [0.25, 0.3) is 11.0 Å². The molecule has 1 fully saturated rings. The van der Waals surface area contributed by atoms with E-state index >= 15 is 0 Å². The van der Waals surface area contributed by atoms with Gasteiger partial charge in [0.1, 0.15) is 0 Å². The van der Waals surface area contributed by atoms with Gasteiger partial charge in [0.05, 0.1) is 0 Å². The number of para-hydroxylation sites is 1. The van der Waals surface area contributed by atoms with Gasteiger partial charge in [-0.05, 0) is 24.5 Å². The molecular weight excluding hydrogens is 207 g/mol. The van der Waals surface area contributed by atoms with Crippen LogP contribution in [0.3, 0.4) is 0 Å². The van der Waals surface area contributed by atoms with Gasteiger partial charge in [-0.25, -0.2) is 4.39 Å². The number of furan rings is 1. The van der Waals surface area contributed by atoms with Crippen LogP contribution in [0.5, 0.6) is 0 Å². The van der Waals surface area contributed by atoms with E-state index in [4.69, 9.17) is 4.42 Å². The highest BCUT2D eigenvalue weighted by Gasteiger charge is 2.40. The van der Waals surface area contributed by atoms with Crippen LogP contribution in [0, 0.1) is 17.7 Å². The topological polar surface area (TPSA) is 30.2 Å². The summed E-state index contributed by atoms with van der Waals surface area (Å²) in [7, 11) is 0. The zero-order valence-corrected chi connectivity index (χ0v) is 8.87. The largest absolute Gasteiger partial charge is 0.450 e. The van der Waals surface area contributed by atoms with Crippen molar-refractivity contribution in [1.29, 1.82) is 0 Å². The number of rotatable bonds is 2. The predicted octanol–water partition coefficient (Wildman–Crippen LogP) is 3.41. The number of hydrogen-bond donors (Lipinski definition) is 0. The number of benzene rings is 1. The maximum Gasteiger partial charge on any atom is 0.201 e. The van der Waals surface area contributed by atoms with Crippen molar-refractivity contribution in [3.8, 4) is 0 Å². The Kier molecular flexibility index (Phi) is 1.90. The van der Waals surface area contributed by atoms with E-state index in [0.717, 1.165) is 6.42 Å². The van der Waals surface area contributed by atoms with Crippen LogP contribution in [0.1, 0.15) is 23.9 Å². The van der Waals surface area contributed by atoms with Crippen LogP contribution in [-0.2, 0) is 0 Å². The van der Waals surface area contributed by atoms with Gasteiger partial charge < -0.3 is 4.42 Å². The first-order chi connectivity index (χ1) is 7.66. The molecule has 1 aliphatic carbocycles. The van der Waals surface area contributed by atoms with Gasteiger partial charge in [-0.1, -0.05) is 19.1 Å². The summed E-state index contributed by atoms with van der Waals surface area (Å²) >= 11 is 0. The highest BCUT2D eigenvalue weighted by molar-refractivity contribution is 6.00. The molecule has 1 saturated carbocycles. The molecule has 1 aromatic heterocycles. The maximum atomic E-state index is 13.4. The van der Waals surface area contributed by atoms with E-state index in [0.29, 0.717) is 11.3 Å². The zero-order chi connectivity index (χ0) is 11.3. The normalized spacial score (nSPS) is 23.6. The lowest BCUT2D eigenvalue weighted by atomic mass is 10.1. The van der Waals surface area contributed by atoms with Gasteiger partial charge in [0.2, 0.25) is 5.78 Å². The summed E-state index contributed by atoms with van der Waals surface area (Å²) in [6, 6.07) is 6.32. The number of fused-ring (bicyclic) bond motifs is 1. The van der Waals surface area contributed by atoms with Crippen molar-refractivity contribution in [3.05, 3.63) is 35.8 Å². The smallest absolute Gasteiger partial charge is 0.201 e. The minimum absolute atomic E-state index is 0.00287. The van der Waals surface area contributed by atoms with Crippen LogP contribution in [0.4, 0.5) is 4.39 Å². The molecule has 1 aromatic carbocycles. The molecule has 0 radical (unpaired) electrons. The molecule has 0 amide bonds. The standard InChI is InChI=1S/C13H11FO2/c1-7-5-9(7)12(15)11-6-8-3-2-4-10(14)13(8)16-11/h2-4,6-7,9H,5H2,1H3. The summed E-state index contributed by atoms with van der Waals surface area (Å²) < 4.78 is 18.6. The number of halogens is 1. The molecule has 0 N–H and O–H groups in total. The van der Waals surface area contributed by atoms with Crippen LogP contribution in [-0.4, -0.2) is 5.78 Å². The summed E-state index contributed by atoms with van der Waals surface area (Å²) in [6.45, 7) is 2.03. The average Bonchev–Trinajstić information content (AvgIpc) is 2.81. The van der Waals surface area contributed by atoms with Crippen LogP contribution < -0.4 is 0 Å². The molecule has 82 valence electrons. The molecule has 16 heavy (non-hydrogen) atoms. The van der Waals surface area contributed by atoms with Crippen molar-refractivity contribution in [1.82, 2.24) is 0 Å². The molecule has 0 saturated heterocycles. The molecule has 2 aromatic rings. The predicted molar refractivity (Wildman–Crippen MR) is 57.8 cm³/mol. The summed E-state index contributed by atoms with van der Waals surface area (Å²) in [4.78, 5) is 11.9. The second kappa shape index (κ2) is 3.17.